The van der Waals surface area contributed by atoms with Gasteiger partial charge in [-0.25, -0.2) is 0 Å². The van der Waals surface area contributed by atoms with E-state index in [1.807, 2.05) is 12.1 Å². The minimum atomic E-state index is 0.551. The highest BCUT2D eigenvalue weighted by Crippen LogP contribution is 2.21. The molecule has 0 radical (unpaired) electrons. The van der Waals surface area contributed by atoms with Gasteiger partial charge in [-0.15, -0.1) is 0 Å². The summed E-state index contributed by atoms with van der Waals surface area (Å²) in [6, 6.07) is 6.52. The smallest absolute Gasteiger partial charge is 0.0451 e. The van der Waals surface area contributed by atoms with Crippen molar-refractivity contribution in [2.75, 3.05) is 0 Å². The molecule has 1 aromatic carbocycles. The molecule has 1 aromatic rings. The van der Waals surface area contributed by atoms with Gasteiger partial charge < -0.3 is 5.32 Å². The lowest BCUT2D eigenvalue weighted by Gasteiger charge is -2.14. The van der Waals surface area contributed by atoms with Crippen LogP contribution >= 0.6 is 27.5 Å². The van der Waals surface area contributed by atoms with Gasteiger partial charge in [0.25, 0.3) is 0 Å². The highest BCUT2D eigenvalue weighted by molar-refractivity contribution is 9.10. The molecule has 0 spiro atoms. The van der Waals surface area contributed by atoms with Crippen molar-refractivity contribution in [2.45, 2.75) is 45.7 Å². The van der Waals surface area contributed by atoms with Crippen molar-refractivity contribution in [2.24, 2.45) is 0 Å². The number of halogens is 2. The second-order valence-corrected chi connectivity index (χ2v) is 5.48. The van der Waals surface area contributed by atoms with Crippen LogP contribution in [0.4, 0.5) is 0 Å². The van der Waals surface area contributed by atoms with Gasteiger partial charge in [0, 0.05) is 22.1 Å². The molecule has 1 atom stereocenters. The summed E-state index contributed by atoms with van der Waals surface area (Å²) in [5, 5.41) is 4.33. The van der Waals surface area contributed by atoms with Gasteiger partial charge in [-0.1, -0.05) is 47.3 Å². The number of benzene rings is 1. The Morgan fingerprint density at radius 1 is 1.44 bits per heavy atom. The van der Waals surface area contributed by atoms with E-state index < -0.39 is 0 Å². The van der Waals surface area contributed by atoms with Gasteiger partial charge in [0.2, 0.25) is 0 Å². The third-order valence-corrected chi connectivity index (χ3v) is 3.50. The number of nitrogens with one attached hydrogen (secondary N) is 1. The molecule has 1 N–H and O–H groups in total. The summed E-state index contributed by atoms with van der Waals surface area (Å²) in [4.78, 5) is 0. The lowest BCUT2D eigenvalue weighted by Crippen LogP contribution is -2.25. The fourth-order valence-corrected chi connectivity index (χ4v) is 2.17. The van der Waals surface area contributed by atoms with E-state index >= 15 is 0 Å². The molecule has 3 heteroatoms. The molecule has 90 valence electrons. The summed E-state index contributed by atoms with van der Waals surface area (Å²) in [5.41, 5.74) is 1.15. The van der Waals surface area contributed by atoms with Crippen molar-refractivity contribution in [3.05, 3.63) is 33.3 Å². The van der Waals surface area contributed by atoms with Gasteiger partial charge in [0.15, 0.2) is 0 Å². The molecule has 1 rings (SSSR count). The quantitative estimate of drug-likeness (QED) is 0.798. The Balaban J connectivity index is 2.44. The zero-order valence-electron chi connectivity index (χ0n) is 9.89. The minimum Gasteiger partial charge on any atom is -0.310 e. The Hall–Kier alpha value is -0.0500. The zero-order chi connectivity index (χ0) is 12.0. The minimum absolute atomic E-state index is 0.551. The van der Waals surface area contributed by atoms with Crippen LogP contribution in [0.1, 0.15) is 38.7 Å². The first kappa shape index (κ1) is 14.0. The Bertz CT molecular complexity index is 328. The number of unbranched alkanes of at least 4 members (excludes halogenated alkanes) is 1. The van der Waals surface area contributed by atoms with E-state index in [-0.39, 0.29) is 0 Å². The number of hydrogen-bond donors (Lipinski definition) is 1. The normalized spacial score (nSPS) is 12.8. The summed E-state index contributed by atoms with van der Waals surface area (Å²) in [7, 11) is 0. The molecule has 0 aliphatic carbocycles. The van der Waals surface area contributed by atoms with E-state index in [1.165, 1.54) is 19.3 Å². The topological polar surface area (TPSA) is 12.0 Å². The molecule has 0 saturated heterocycles. The first-order valence-corrected chi connectivity index (χ1v) is 6.98. The van der Waals surface area contributed by atoms with E-state index in [2.05, 4.69) is 41.2 Å². The van der Waals surface area contributed by atoms with Gasteiger partial charge in [-0.3, -0.25) is 0 Å². The average Bonchev–Trinajstić information content (AvgIpc) is 2.27. The molecule has 0 aliphatic rings. The summed E-state index contributed by atoms with van der Waals surface area (Å²) in [6.45, 7) is 5.28. The number of rotatable bonds is 6. The van der Waals surface area contributed by atoms with E-state index in [9.17, 15) is 0 Å². The summed E-state index contributed by atoms with van der Waals surface area (Å²) in [6.07, 6.45) is 3.76. The maximum absolute atomic E-state index is 6.12. The molecule has 0 aromatic heterocycles. The van der Waals surface area contributed by atoms with E-state index in [0.717, 1.165) is 21.6 Å². The van der Waals surface area contributed by atoms with Crippen LogP contribution in [0.25, 0.3) is 0 Å². The second-order valence-electron chi connectivity index (χ2n) is 4.16. The summed E-state index contributed by atoms with van der Waals surface area (Å²) < 4.78 is 1.08. The van der Waals surface area contributed by atoms with E-state index in [0.29, 0.717) is 6.04 Å². The molecule has 0 saturated carbocycles. The molecular weight excluding hydrogens is 286 g/mol. The maximum Gasteiger partial charge on any atom is 0.0451 e. The highest BCUT2D eigenvalue weighted by Gasteiger charge is 2.04. The van der Waals surface area contributed by atoms with Crippen molar-refractivity contribution in [3.63, 3.8) is 0 Å². The van der Waals surface area contributed by atoms with Crippen LogP contribution in [0.5, 0.6) is 0 Å². The molecule has 0 aliphatic heterocycles. The van der Waals surface area contributed by atoms with Crippen molar-refractivity contribution in [1.29, 1.82) is 0 Å². The maximum atomic E-state index is 6.12. The largest absolute Gasteiger partial charge is 0.310 e. The van der Waals surface area contributed by atoms with Gasteiger partial charge in [-0.05, 0) is 37.1 Å². The average molecular weight is 305 g/mol. The third-order valence-electron chi connectivity index (χ3n) is 2.64. The van der Waals surface area contributed by atoms with E-state index in [4.69, 9.17) is 11.6 Å². The fourth-order valence-electron chi connectivity index (χ4n) is 1.58. The van der Waals surface area contributed by atoms with Gasteiger partial charge in [0.1, 0.15) is 0 Å². The van der Waals surface area contributed by atoms with Crippen LogP contribution in [0, 0.1) is 0 Å². The Kier molecular flexibility index (Phi) is 6.40. The monoisotopic (exact) mass is 303 g/mol. The van der Waals surface area contributed by atoms with Crippen molar-refractivity contribution >= 4 is 27.5 Å². The van der Waals surface area contributed by atoms with Crippen LogP contribution in [0.3, 0.4) is 0 Å². The van der Waals surface area contributed by atoms with Gasteiger partial charge >= 0.3 is 0 Å². The molecular formula is C13H19BrClN. The Morgan fingerprint density at radius 3 is 2.88 bits per heavy atom. The lowest BCUT2D eigenvalue weighted by molar-refractivity contribution is 0.495. The molecule has 1 unspecified atom stereocenters. The molecule has 0 fully saturated rings. The predicted molar refractivity (Wildman–Crippen MR) is 75.0 cm³/mol. The highest BCUT2D eigenvalue weighted by atomic mass is 79.9. The van der Waals surface area contributed by atoms with Gasteiger partial charge in [-0.2, -0.15) is 0 Å². The molecule has 0 heterocycles. The SMILES string of the molecule is CCCCC(C)NCc1cc(Br)ccc1Cl. The second kappa shape index (κ2) is 7.31. The van der Waals surface area contributed by atoms with Crippen molar-refractivity contribution in [3.8, 4) is 0 Å². The molecule has 0 amide bonds. The first-order valence-electron chi connectivity index (χ1n) is 5.80. The van der Waals surface area contributed by atoms with Crippen LogP contribution < -0.4 is 5.32 Å². The molecule has 16 heavy (non-hydrogen) atoms. The van der Waals surface area contributed by atoms with Crippen molar-refractivity contribution in [1.82, 2.24) is 5.32 Å². The standard InChI is InChI=1S/C13H19BrClN/c1-3-4-5-10(2)16-9-11-8-12(14)6-7-13(11)15/h6-8,10,16H,3-5,9H2,1-2H3. The Labute approximate surface area is 112 Å². The molecule has 0 bridgehead atoms. The third kappa shape index (κ3) is 4.86. The van der Waals surface area contributed by atoms with Crippen LogP contribution in [0.2, 0.25) is 5.02 Å². The first-order chi connectivity index (χ1) is 7.63. The van der Waals surface area contributed by atoms with Crippen LogP contribution in [-0.2, 0) is 6.54 Å². The predicted octanol–water partition coefficient (Wildman–Crippen LogP) is 4.77. The number of hydrogen-bond acceptors (Lipinski definition) is 1. The fraction of sp³-hybridized carbons (Fsp3) is 0.538. The Morgan fingerprint density at radius 2 is 2.19 bits per heavy atom. The summed E-state index contributed by atoms with van der Waals surface area (Å²) >= 11 is 9.58. The van der Waals surface area contributed by atoms with Crippen molar-refractivity contribution < 1.29 is 0 Å². The lowest BCUT2D eigenvalue weighted by atomic mass is 10.1. The zero-order valence-corrected chi connectivity index (χ0v) is 12.2. The summed E-state index contributed by atoms with van der Waals surface area (Å²) in [5.74, 6) is 0. The molecule has 1 nitrogen and oxygen atoms in total. The van der Waals surface area contributed by atoms with E-state index in [1.54, 1.807) is 0 Å². The van der Waals surface area contributed by atoms with Gasteiger partial charge in [0.05, 0.1) is 0 Å². The van der Waals surface area contributed by atoms with Crippen LogP contribution in [0.15, 0.2) is 22.7 Å². The van der Waals surface area contributed by atoms with Crippen LogP contribution in [-0.4, -0.2) is 6.04 Å².